The molecule has 0 atom stereocenters. The van der Waals surface area contributed by atoms with Crippen LogP contribution in [0.2, 0.25) is 0 Å². The molecule has 0 saturated carbocycles. The molecule has 0 amide bonds. The van der Waals surface area contributed by atoms with Gasteiger partial charge in [0.1, 0.15) is 0 Å². The van der Waals surface area contributed by atoms with E-state index in [2.05, 4.69) is 72.8 Å². The van der Waals surface area contributed by atoms with Gasteiger partial charge < -0.3 is 0 Å². The van der Waals surface area contributed by atoms with Crippen LogP contribution in [0.15, 0.2) is 72.8 Å². The van der Waals surface area contributed by atoms with E-state index in [4.69, 9.17) is 9.47 Å². The van der Waals surface area contributed by atoms with Crippen molar-refractivity contribution in [1.29, 1.82) is 0 Å². The minimum atomic E-state index is -0.138. The third-order valence-electron chi connectivity index (χ3n) is 4.51. The molecule has 0 radical (unpaired) electrons. The zero-order valence-corrected chi connectivity index (χ0v) is 15.5. The molecule has 4 aromatic rings. The standard InChI is InChI=1S/2C11H9O.Al/c2*1-12-11-7-6-9-4-2-3-5-10(9)8-11;/h2*2-6,8H,1H3;/q;;+1. The van der Waals surface area contributed by atoms with Gasteiger partial charge in [-0.05, 0) is 0 Å². The second-order valence-electron chi connectivity index (χ2n) is 6.03. The summed E-state index contributed by atoms with van der Waals surface area (Å²) in [5.41, 5.74) is 0. The van der Waals surface area contributed by atoms with E-state index in [0.29, 0.717) is 0 Å². The van der Waals surface area contributed by atoms with E-state index in [0.717, 1.165) is 11.5 Å². The Labute approximate surface area is 153 Å². The van der Waals surface area contributed by atoms with Crippen molar-refractivity contribution in [2.45, 2.75) is 0 Å². The molecule has 0 aliphatic heterocycles. The molecule has 120 valence electrons. The number of hydrogen-bond acceptors (Lipinski definition) is 2. The molecule has 0 aromatic heterocycles. The molecule has 3 heteroatoms. The van der Waals surface area contributed by atoms with E-state index in [1.807, 2.05) is 0 Å². The van der Waals surface area contributed by atoms with Crippen molar-refractivity contribution in [3.63, 3.8) is 0 Å². The first-order valence-corrected chi connectivity index (χ1v) is 9.42. The van der Waals surface area contributed by atoms with Gasteiger partial charge in [-0.2, -0.15) is 0 Å². The van der Waals surface area contributed by atoms with Crippen LogP contribution in [0.4, 0.5) is 0 Å². The van der Waals surface area contributed by atoms with Gasteiger partial charge in [0.25, 0.3) is 0 Å². The first-order valence-electron chi connectivity index (χ1n) is 8.27. The number of rotatable bonds is 4. The van der Waals surface area contributed by atoms with Gasteiger partial charge >= 0.3 is 154 Å². The van der Waals surface area contributed by atoms with Crippen LogP contribution in [0.1, 0.15) is 0 Å². The van der Waals surface area contributed by atoms with Crippen molar-refractivity contribution < 1.29 is 9.47 Å². The number of fused-ring (bicyclic) bond motifs is 2. The summed E-state index contributed by atoms with van der Waals surface area (Å²) in [5, 5.41) is 4.89. The van der Waals surface area contributed by atoms with Crippen molar-refractivity contribution in [2.24, 2.45) is 0 Å². The number of methoxy groups -OCH3 is 2. The second-order valence-corrected chi connectivity index (χ2v) is 7.56. The molecule has 0 bridgehead atoms. The van der Waals surface area contributed by atoms with E-state index in [9.17, 15) is 0 Å². The van der Waals surface area contributed by atoms with Crippen LogP contribution >= 0.6 is 0 Å². The van der Waals surface area contributed by atoms with Crippen molar-refractivity contribution in [2.75, 3.05) is 14.2 Å². The molecular weight excluding hydrogens is 323 g/mol. The summed E-state index contributed by atoms with van der Waals surface area (Å²) in [5.74, 6) is 1.90. The van der Waals surface area contributed by atoms with Gasteiger partial charge in [0.15, 0.2) is 0 Å². The zero-order valence-electron chi connectivity index (χ0n) is 14.3. The normalized spacial score (nSPS) is 10.6. The summed E-state index contributed by atoms with van der Waals surface area (Å²) in [4.78, 5) is 0. The molecule has 0 saturated heterocycles. The van der Waals surface area contributed by atoms with Gasteiger partial charge in [-0.1, -0.05) is 0 Å². The summed E-state index contributed by atoms with van der Waals surface area (Å²) in [6, 6.07) is 25.6. The van der Waals surface area contributed by atoms with E-state index in [-0.39, 0.29) is 15.2 Å². The Bertz CT molecular complexity index is 971. The summed E-state index contributed by atoms with van der Waals surface area (Å²) in [6.45, 7) is 0. The molecule has 0 aliphatic rings. The molecule has 0 unspecified atom stereocenters. The SMILES string of the molecule is COc1cc2ccccc2c[c]1[Al+][c]1cc2ccccc2cc1OC. The monoisotopic (exact) mass is 341 g/mol. The Morgan fingerprint density at radius 2 is 0.920 bits per heavy atom. The van der Waals surface area contributed by atoms with E-state index in [1.165, 1.54) is 30.4 Å². The minimum absolute atomic E-state index is 0.138. The Morgan fingerprint density at radius 3 is 1.28 bits per heavy atom. The maximum absolute atomic E-state index is 5.67. The molecule has 2 nitrogen and oxygen atoms in total. The van der Waals surface area contributed by atoms with Crippen LogP contribution in [0.25, 0.3) is 21.5 Å². The van der Waals surface area contributed by atoms with Gasteiger partial charge in [-0.3, -0.25) is 0 Å². The average Bonchev–Trinajstić information content (AvgIpc) is 2.66. The Kier molecular flexibility index (Phi) is 4.36. The number of benzene rings is 4. The molecule has 0 aliphatic carbocycles. The van der Waals surface area contributed by atoms with Gasteiger partial charge in [-0.25, -0.2) is 0 Å². The van der Waals surface area contributed by atoms with Gasteiger partial charge in [0.05, 0.1) is 0 Å². The molecule has 0 fully saturated rings. The van der Waals surface area contributed by atoms with Crippen molar-refractivity contribution in [1.82, 2.24) is 0 Å². The third kappa shape index (κ3) is 3.09. The number of ether oxygens (including phenoxy) is 2. The Hall–Kier alpha value is -2.47. The fraction of sp³-hybridized carbons (Fsp3) is 0.0909. The fourth-order valence-corrected chi connectivity index (χ4v) is 4.77. The zero-order chi connectivity index (χ0) is 17.2. The summed E-state index contributed by atoms with van der Waals surface area (Å²) in [6.07, 6.45) is 0. The molecule has 0 spiro atoms. The first-order chi connectivity index (χ1) is 12.3. The Morgan fingerprint density at radius 1 is 0.560 bits per heavy atom. The van der Waals surface area contributed by atoms with Gasteiger partial charge in [-0.15, -0.1) is 0 Å². The molecule has 4 rings (SSSR count). The van der Waals surface area contributed by atoms with Crippen LogP contribution in [0, 0.1) is 0 Å². The molecule has 0 N–H and O–H groups in total. The maximum atomic E-state index is 5.67. The van der Waals surface area contributed by atoms with Crippen molar-refractivity contribution in [3.05, 3.63) is 72.8 Å². The Balaban J connectivity index is 1.84. The molecular formula is C22H18AlO2+. The second kappa shape index (κ2) is 6.80. The van der Waals surface area contributed by atoms with Crippen LogP contribution in [-0.4, -0.2) is 29.4 Å². The van der Waals surface area contributed by atoms with Crippen molar-refractivity contribution >= 4 is 45.6 Å². The average molecular weight is 341 g/mol. The van der Waals surface area contributed by atoms with Crippen molar-refractivity contribution in [3.8, 4) is 11.5 Å². The van der Waals surface area contributed by atoms with Gasteiger partial charge in [0.2, 0.25) is 0 Å². The number of hydrogen-bond donors (Lipinski definition) is 0. The fourth-order valence-electron chi connectivity index (χ4n) is 3.22. The van der Waals surface area contributed by atoms with E-state index >= 15 is 0 Å². The predicted molar refractivity (Wildman–Crippen MR) is 106 cm³/mol. The van der Waals surface area contributed by atoms with E-state index in [1.54, 1.807) is 14.2 Å². The van der Waals surface area contributed by atoms with Crippen LogP contribution in [0.3, 0.4) is 0 Å². The molecule has 4 aromatic carbocycles. The third-order valence-corrected chi connectivity index (χ3v) is 6.03. The molecule has 0 heterocycles. The topological polar surface area (TPSA) is 18.5 Å². The van der Waals surface area contributed by atoms with Gasteiger partial charge in [0, 0.05) is 0 Å². The predicted octanol–water partition coefficient (Wildman–Crippen LogP) is 3.67. The quantitative estimate of drug-likeness (QED) is 0.528. The van der Waals surface area contributed by atoms with Crippen LogP contribution < -0.4 is 18.3 Å². The molecule has 25 heavy (non-hydrogen) atoms. The summed E-state index contributed by atoms with van der Waals surface area (Å²) < 4.78 is 13.8. The van der Waals surface area contributed by atoms with E-state index < -0.39 is 0 Å². The van der Waals surface area contributed by atoms with Crippen LogP contribution in [-0.2, 0) is 0 Å². The summed E-state index contributed by atoms with van der Waals surface area (Å²) >= 11 is -0.138. The summed E-state index contributed by atoms with van der Waals surface area (Å²) in [7, 11) is 3.48. The van der Waals surface area contributed by atoms with Crippen LogP contribution in [0.5, 0.6) is 11.5 Å². The first kappa shape index (κ1) is 16.0.